The highest BCUT2D eigenvalue weighted by Gasteiger charge is 2.33. The molecule has 0 aromatic heterocycles. The van der Waals surface area contributed by atoms with Crippen LogP contribution in [0.1, 0.15) is 77.0 Å². The number of hydrogen-bond donors (Lipinski definition) is 2. The number of terminal acetylenes is 1. The number of alkyl carbamates (subject to hydrolysis) is 1. The van der Waals surface area contributed by atoms with Gasteiger partial charge in [0.2, 0.25) is 5.91 Å². The highest BCUT2D eigenvalue weighted by atomic mass is 16.6. The monoisotopic (exact) mass is 535 g/mol. The molecule has 0 aliphatic rings. The standard InChI is InChI=1S/C31H41N3O5/c1-7-9-10-11-14-21-34(27(35)22-32-30(37)39-31(3,4)5)28(26-16-13-12-15-23(26)8-2)29(36)33-24-17-19-25(38-6)20-18-24/h2,12-13,15-20,28H,7,9-11,14,21-22H2,1,3-6H3,(H,32,37)(H,33,36). The smallest absolute Gasteiger partial charge is 0.408 e. The van der Waals surface area contributed by atoms with E-state index in [1.807, 2.05) is 0 Å². The summed E-state index contributed by atoms with van der Waals surface area (Å²) in [6, 6.07) is 13.0. The lowest BCUT2D eigenvalue weighted by atomic mass is 9.97. The predicted molar refractivity (Wildman–Crippen MR) is 153 cm³/mol. The number of methoxy groups -OCH3 is 1. The maximum Gasteiger partial charge on any atom is 0.408 e. The highest BCUT2D eigenvalue weighted by Crippen LogP contribution is 2.27. The van der Waals surface area contributed by atoms with Crippen molar-refractivity contribution in [1.82, 2.24) is 10.2 Å². The molecule has 8 heteroatoms. The number of ether oxygens (including phenoxy) is 2. The second-order valence-electron chi connectivity index (χ2n) is 10.2. The molecule has 0 radical (unpaired) electrons. The second kappa shape index (κ2) is 15.4. The number of amides is 3. The number of carbonyl (C=O) groups excluding carboxylic acids is 3. The van der Waals surface area contributed by atoms with E-state index in [0.717, 1.165) is 25.7 Å². The third-order valence-corrected chi connectivity index (χ3v) is 5.93. The van der Waals surface area contributed by atoms with Crippen molar-refractivity contribution in [3.63, 3.8) is 0 Å². The van der Waals surface area contributed by atoms with Crippen molar-refractivity contribution < 1.29 is 23.9 Å². The van der Waals surface area contributed by atoms with E-state index in [1.54, 1.807) is 76.4 Å². The first-order valence-corrected chi connectivity index (χ1v) is 13.4. The molecule has 210 valence electrons. The van der Waals surface area contributed by atoms with Crippen molar-refractivity contribution in [2.45, 2.75) is 71.4 Å². The van der Waals surface area contributed by atoms with E-state index in [2.05, 4.69) is 23.5 Å². The molecule has 0 heterocycles. The molecule has 0 saturated heterocycles. The summed E-state index contributed by atoms with van der Waals surface area (Å²) < 4.78 is 10.5. The lowest BCUT2D eigenvalue weighted by molar-refractivity contribution is -0.138. The van der Waals surface area contributed by atoms with Gasteiger partial charge in [0.25, 0.3) is 5.91 Å². The number of hydrogen-bond acceptors (Lipinski definition) is 5. The average molecular weight is 536 g/mol. The van der Waals surface area contributed by atoms with E-state index in [1.165, 1.54) is 4.90 Å². The Labute approximate surface area is 232 Å². The summed E-state index contributed by atoms with van der Waals surface area (Å²) in [4.78, 5) is 41.2. The summed E-state index contributed by atoms with van der Waals surface area (Å²) in [6.07, 6.45) is 9.89. The van der Waals surface area contributed by atoms with Gasteiger partial charge in [0.05, 0.1) is 7.11 Å². The number of carbonyl (C=O) groups is 3. The van der Waals surface area contributed by atoms with Crippen molar-refractivity contribution in [3.05, 3.63) is 59.7 Å². The van der Waals surface area contributed by atoms with Crippen LogP contribution in [0.25, 0.3) is 0 Å². The number of nitrogens with zero attached hydrogens (tertiary/aromatic N) is 1. The second-order valence-corrected chi connectivity index (χ2v) is 10.2. The highest BCUT2D eigenvalue weighted by molar-refractivity contribution is 5.98. The van der Waals surface area contributed by atoms with Crippen LogP contribution in [0.3, 0.4) is 0 Å². The molecule has 0 saturated carbocycles. The zero-order chi connectivity index (χ0) is 28.8. The molecule has 2 aromatic rings. The van der Waals surface area contributed by atoms with Crippen LogP contribution in [-0.2, 0) is 14.3 Å². The lowest BCUT2D eigenvalue weighted by Gasteiger charge is -2.32. The van der Waals surface area contributed by atoms with Gasteiger partial charge in [-0.3, -0.25) is 9.59 Å². The molecule has 0 bridgehead atoms. The molecule has 0 aliphatic heterocycles. The summed E-state index contributed by atoms with van der Waals surface area (Å²) in [5.41, 5.74) is 0.881. The quantitative estimate of drug-likeness (QED) is 0.254. The molecule has 1 unspecified atom stereocenters. The van der Waals surface area contributed by atoms with Crippen molar-refractivity contribution in [1.29, 1.82) is 0 Å². The van der Waals surface area contributed by atoms with Crippen LogP contribution in [-0.4, -0.2) is 48.6 Å². The Morgan fingerprint density at radius 3 is 2.28 bits per heavy atom. The molecule has 1 atom stereocenters. The van der Waals surface area contributed by atoms with Gasteiger partial charge in [0.1, 0.15) is 23.9 Å². The van der Waals surface area contributed by atoms with Crippen LogP contribution < -0.4 is 15.4 Å². The number of benzene rings is 2. The van der Waals surface area contributed by atoms with Crippen LogP contribution in [0.5, 0.6) is 5.75 Å². The zero-order valence-electron chi connectivity index (χ0n) is 23.7. The van der Waals surface area contributed by atoms with Gasteiger partial charge in [0.15, 0.2) is 0 Å². The fourth-order valence-corrected chi connectivity index (χ4v) is 4.05. The fraction of sp³-hybridized carbons (Fsp3) is 0.452. The third-order valence-electron chi connectivity index (χ3n) is 5.93. The Bertz CT molecular complexity index is 1130. The van der Waals surface area contributed by atoms with Gasteiger partial charge in [-0.15, -0.1) is 6.42 Å². The molecule has 39 heavy (non-hydrogen) atoms. The maximum atomic E-state index is 13.8. The molecule has 0 aliphatic carbocycles. The van der Waals surface area contributed by atoms with Crippen LogP contribution in [0.15, 0.2) is 48.5 Å². The first kappa shape index (κ1) is 31.2. The summed E-state index contributed by atoms with van der Waals surface area (Å²) in [6.45, 7) is 7.36. The Kier molecular flexibility index (Phi) is 12.4. The van der Waals surface area contributed by atoms with Crippen molar-refractivity contribution in [2.24, 2.45) is 0 Å². The van der Waals surface area contributed by atoms with Crippen molar-refractivity contribution in [2.75, 3.05) is 25.5 Å². The molecular weight excluding hydrogens is 494 g/mol. The Morgan fingerprint density at radius 1 is 1.00 bits per heavy atom. The van der Waals surface area contributed by atoms with Crippen LogP contribution in [0.4, 0.5) is 10.5 Å². The Hall–Kier alpha value is -3.99. The predicted octanol–water partition coefficient (Wildman–Crippen LogP) is 5.68. The summed E-state index contributed by atoms with van der Waals surface area (Å²) in [5.74, 6) is 2.46. The number of nitrogens with one attached hydrogen (secondary N) is 2. The molecule has 2 aromatic carbocycles. The molecule has 0 fully saturated rings. The first-order valence-electron chi connectivity index (χ1n) is 13.4. The zero-order valence-corrected chi connectivity index (χ0v) is 23.7. The van der Waals surface area contributed by atoms with E-state index in [-0.39, 0.29) is 6.54 Å². The molecule has 3 amide bonds. The number of anilines is 1. The van der Waals surface area contributed by atoms with E-state index >= 15 is 0 Å². The van der Waals surface area contributed by atoms with Gasteiger partial charge in [-0.05, 0) is 63.1 Å². The summed E-state index contributed by atoms with van der Waals surface area (Å²) >= 11 is 0. The van der Waals surface area contributed by atoms with Gasteiger partial charge in [-0.2, -0.15) is 0 Å². The minimum Gasteiger partial charge on any atom is -0.497 e. The average Bonchev–Trinajstić information content (AvgIpc) is 2.90. The maximum absolute atomic E-state index is 13.8. The van der Waals surface area contributed by atoms with Gasteiger partial charge in [-0.1, -0.05) is 56.7 Å². The molecule has 2 rings (SSSR count). The lowest BCUT2D eigenvalue weighted by Crippen LogP contribution is -2.47. The molecular formula is C31H41N3O5. The van der Waals surface area contributed by atoms with Crippen molar-refractivity contribution >= 4 is 23.6 Å². The topological polar surface area (TPSA) is 97.0 Å². The SMILES string of the molecule is C#Cc1ccccc1C(C(=O)Nc1ccc(OC)cc1)N(CCCCCCC)C(=O)CNC(=O)OC(C)(C)C. The van der Waals surface area contributed by atoms with E-state index in [4.69, 9.17) is 15.9 Å². The van der Waals surface area contributed by atoms with Crippen LogP contribution in [0.2, 0.25) is 0 Å². The summed E-state index contributed by atoms with van der Waals surface area (Å²) in [7, 11) is 1.57. The Morgan fingerprint density at radius 2 is 1.67 bits per heavy atom. The van der Waals surface area contributed by atoms with Gasteiger partial charge >= 0.3 is 6.09 Å². The van der Waals surface area contributed by atoms with Crippen LogP contribution in [0, 0.1) is 12.3 Å². The molecule has 8 nitrogen and oxygen atoms in total. The molecule has 2 N–H and O–H groups in total. The van der Waals surface area contributed by atoms with E-state index in [9.17, 15) is 14.4 Å². The van der Waals surface area contributed by atoms with Gasteiger partial charge in [-0.25, -0.2) is 4.79 Å². The minimum absolute atomic E-state index is 0.318. The molecule has 0 spiro atoms. The third kappa shape index (κ3) is 10.4. The van der Waals surface area contributed by atoms with Crippen LogP contribution >= 0.6 is 0 Å². The normalized spacial score (nSPS) is 11.6. The minimum atomic E-state index is -1.02. The van der Waals surface area contributed by atoms with Crippen molar-refractivity contribution in [3.8, 4) is 18.1 Å². The van der Waals surface area contributed by atoms with Gasteiger partial charge in [0, 0.05) is 17.8 Å². The summed E-state index contributed by atoms with van der Waals surface area (Å²) in [5, 5.41) is 5.44. The number of unbranched alkanes of at least 4 members (excludes halogenated alkanes) is 4. The van der Waals surface area contributed by atoms with E-state index in [0.29, 0.717) is 35.5 Å². The van der Waals surface area contributed by atoms with Gasteiger partial charge < -0.3 is 25.0 Å². The fourth-order valence-electron chi connectivity index (χ4n) is 4.05. The Balaban J connectivity index is 2.40. The first-order chi connectivity index (χ1) is 18.6. The number of rotatable bonds is 13. The van der Waals surface area contributed by atoms with E-state index < -0.39 is 29.6 Å². The largest absolute Gasteiger partial charge is 0.497 e.